The van der Waals surface area contributed by atoms with Gasteiger partial charge in [0.25, 0.3) is 0 Å². The number of aryl methyl sites for hydroxylation is 1. The number of sulfonamides is 1. The van der Waals surface area contributed by atoms with E-state index < -0.39 is 16.1 Å². The second-order valence-corrected chi connectivity index (χ2v) is 9.12. The fourth-order valence-electron chi connectivity index (χ4n) is 3.13. The largest absolute Gasteiger partial charge is 0.469 e. The molecule has 1 heterocycles. The molecule has 0 fully saturated rings. The molecule has 0 bridgehead atoms. The topological polar surface area (TPSA) is 85.4 Å². The highest BCUT2D eigenvalue weighted by molar-refractivity contribution is 7.89. The molecule has 162 valence electrons. The minimum Gasteiger partial charge on any atom is -0.469 e. The average Bonchev–Trinajstić information content (AvgIpc) is 2.79. The first kappa shape index (κ1) is 22.9. The van der Waals surface area contributed by atoms with Crippen LogP contribution in [0.2, 0.25) is 5.02 Å². The zero-order valence-corrected chi connectivity index (χ0v) is 18.6. The minimum atomic E-state index is -3.80. The predicted molar refractivity (Wildman–Crippen MR) is 119 cm³/mol. The Balaban J connectivity index is 1.83. The fourth-order valence-corrected chi connectivity index (χ4v) is 4.47. The van der Waals surface area contributed by atoms with E-state index in [1.54, 1.807) is 18.5 Å². The van der Waals surface area contributed by atoms with Gasteiger partial charge in [-0.25, -0.2) is 8.42 Å². The van der Waals surface area contributed by atoms with Gasteiger partial charge in [0.05, 0.1) is 18.0 Å². The van der Waals surface area contributed by atoms with Gasteiger partial charge in [0, 0.05) is 23.8 Å². The van der Waals surface area contributed by atoms with Gasteiger partial charge in [-0.2, -0.15) is 4.72 Å². The van der Waals surface area contributed by atoms with E-state index in [0.29, 0.717) is 17.9 Å². The van der Waals surface area contributed by atoms with Crippen LogP contribution in [0.1, 0.15) is 35.6 Å². The maximum absolute atomic E-state index is 13.0. The summed E-state index contributed by atoms with van der Waals surface area (Å²) in [6, 6.07) is 16.6. The number of aromatic nitrogens is 1. The van der Waals surface area contributed by atoms with Gasteiger partial charge in [-0.15, -0.1) is 0 Å². The lowest BCUT2D eigenvalue weighted by Crippen LogP contribution is -2.29. The predicted octanol–water partition coefficient (Wildman–Crippen LogP) is 4.30. The monoisotopic (exact) mass is 458 g/mol. The normalized spacial score (nSPS) is 12.3. The molecule has 3 aromatic rings. The summed E-state index contributed by atoms with van der Waals surface area (Å²) in [4.78, 5) is 15.5. The smallest absolute Gasteiger partial charge is 0.305 e. The van der Waals surface area contributed by atoms with Crippen LogP contribution in [-0.2, 0) is 26.0 Å². The first-order valence-corrected chi connectivity index (χ1v) is 11.6. The Morgan fingerprint density at radius 3 is 2.39 bits per heavy atom. The Hall–Kier alpha value is -2.74. The molecule has 0 saturated heterocycles. The van der Waals surface area contributed by atoms with Gasteiger partial charge < -0.3 is 4.74 Å². The molecule has 1 aromatic heterocycles. The van der Waals surface area contributed by atoms with Crippen molar-refractivity contribution in [2.24, 2.45) is 0 Å². The highest BCUT2D eigenvalue weighted by atomic mass is 35.5. The highest BCUT2D eigenvalue weighted by Gasteiger charge is 2.23. The Morgan fingerprint density at radius 1 is 1.06 bits per heavy atom. The number of methoxy groups -OCH3 is 1. The van der Waals surface area contributed by atoms with E-state index in [2.05, 4.69) is 14.4 Å². The molecule has 1 atom stereocenters. The maximum Gasteiger partial charge on any atom is 0.305 e. The number of carbonyl (C=O) groups is 1. The van der Waals surface area contributed by atoms with Crippen LogP contribution in [0, 0.1) is 0 Å². The molecule has 0 radical (unpaired) electrons. The van der Waals surface area contributed by atoms with Crippen LogP contribution in [0.5, 0.6) is 0 Å². The van der Waals surface area contributed by atoms with Gasteiger partial charge in [0.1, 0.15) is 0 Å². The molecular formula is C23H23ClN2O4S. The van der Waals surface area contributed by atoms with E-state index in [0.717, 1.165) is 23.1 Å². The number of nitrogens with one attached hydrogen (secondary N) is 1. The van der Waals surface area contributed by atoms with Crippen molar-refractivity contribution in [1.29, 1.82) is 0 Å². The fraction of sp³-hybridized carbons (Fsp3) is 0.217. The lowest BCUT2D eigenvalue weighted by Gasteiger charge is -2.20. The molecular weight excluding hydrogens is 436 g/mol. The van der Waals surface area contributed by atoms with E-state index in [-0.39, 0.29) is 10.9 Å². The standard InChI is InChI=1S/C23H23ClN2O4S/c1-30-22(27)6-2-4-17-7-9-18(10-8-17)23(19-5-3-15-25-16-19)26-31(28,29)21-13-11-20(24)12-14-21/h3,5,7-16,23,26H,2,4,6H2,1H3. The molecule has 0 aliphatic rings. The summed E-state index contributed by atoms with van der Waals surface area (Å²) in [5, 5.41) is 0.463. The number of hydrogen-bond acceptors (Lipinski definition) is 5. The molecule has 8 heteroatoms. The van der Waals surface area contributed by atoms with Gasteiger partial charge in [-0.1, -0.05) is 41.9 Å². The molecule has 0 aliphatic heterocycles. The summed E-state index contributed by atoms with van der Waals surface area (Å²) in [5.74, 6) is -0.232. The van der Waals surface area contributed by atoms with Crippen molar-refractivity contribution in [3.05, 3.63) is 94.8 Å². The molecule has 0 amide bonds. The third-order valence-electron chi connectivity index (χ3n) is 4.80. The Morgan fingerprint density at radius 2 is 1.77 bits per heavy atom. The Kier molecular flexibility index (Phi) is 7.79. The lowest BCUT2D eigenvalue weighted by molar-refractivity contribution is -0.140. The van der Waals surface area contributed by atoms with Crippen LogP contribution >= 0.6 is 11.6 Å². The van der Waals surface area contributed by atoms with Gasteiger partial charge in [-0.3, -0.25) is 9.78 Å². The van der Waals surface area contributed by atoms with E-state index in [1.807, 2.05) is 30.3 Å². The number of hydrogen-bond donors (Lipinski definition) is 1. The van der Waals surface area contributed by atoms with Crippen LogP contribution in [0.25, 0.3) is 0 Å². The number of halogens is 1. The van der Waals surface area contributed by atoms with E-state index in [4.69, 9.17) is 11.6 Å². The summed E-state index contributed by atoms with van der Waals surface area (Å²) >= 11 is 5.89. The second-order valence-electron chi connectivity index (χ2n) is 6.97. The molecule has 2 aromatic carbocycles. The van der Waals surface area contributed by atoms with Crippen molar-refractivity contribution in [3.8, 4) is 0 Å². The van der Waals surface area contributed by atoms with Crippen molar-refractivity contribution in [3.63, 3.8) is 0 Å². The molecule has 31 heavy (non-hydrogen) atoms. The average molecular weight is 459 g/mol. The summed E-state index contributed by atoms with van der Waals surface area (Å²) in [6.07, 6.45) is 5.04. The number of nitrogens with zero attached hydrogens (tertiary/aromatic N) is 1. The summed E-state index contributed by atoms with van der Waals surface area (Å²) in [7, 11) is -2.42. The van der Waals surface area contributed by atoms with Crippen LogP contribution in [0.15, 0.2) is 78.0 Å². The quantitative estimate of drug-likeness (QED) is 0.483. The van der Waals surface area contributed by atoms with Crippen molar-refractivity contribution in [1.82, 2.24) is 9.71 Å². The number of esters is 1. The van der Waals surface area contributed by atoms with Crippen molar-refractivity contribution in [2.45, 2.75) is 30.2 Å². The van der Waals surface area contributed by atoms with Crippen LogP contribution < -0.4 is 4.72 Å². The SMILES string of the molecule is COC(=O)CCCc1ccc(C(NS(=O)(=O)c2ccc(Cl)cc2)c2cccnc2)cc1. The number of rotatable bonds is 9. The molecule has 1 unspecified atom stereocenters. The number of carbonyl (C=O) groups excluding carboxylic acids is 1. The van der Waals surface area contributed by atoms with Crippen LogP contribution in [0.3, 0.4) is 0 Å². The third kappa shape index (κ3) is 6.37. The number of pyridine rings is 1. The van der Waals surface area contributed by atoms with E-state index in [9.17, 15) is 13.2 Å². The van der Waals surface area contributed by atoms with Crippen molar-refractivity contribution in [2.75, 3.05) is 7.11 Å². The first-order chi connectivity index (χ1) is 14.9. The molecule has 1 N–H and O–H groups in total. The van der Waals surface area contributed by atoms with E-state index in [1.165, 1.54) is 31.4 Å². The van der Waals surface area contributed by atoms with Gasteiger partial charge in [0.2, 0.25) is 10.0 Å². The zero-order valence-electron chi connectivity index (χ0n) is 17.0. The zero-order chi connectivity index (χ0) is 22.3. The molecule has 0 aliphatic carbocycles. The Bertz CT molecular complexity index is 1100. The number of ether oxygens (including phenoxy) is 1. The van der Waals surface area contributed by atoms with Crippen molar-refractivity contribution < 1.29 is 17.9 Å². The number of benzene rings is 2. The summed E-state index contributed by atoms with van der Waals surface area (Å²) in [6.45, 7) is 0. The van der Waals surface area contributed by atoms with Gasteiger partial charge >= 0.3 is 5.97 Å². The first-order valence-electron chi connectivity index (χ1n) is 9.72. The summed E-state index contributed by atoms with van der Waals surface area (Å²) in [5.41, 5.74) is 2.55. The highest BCUT2D eigenvalue weighted by Crippen LogP contribution is 2.25. The minimum absolute atomic E-state index is 0.130. The van der Waals surface area contributed by atoms with Gasteiger partial charge in [-0.05, 0) is 59.9 Å². The van der Waals surface area contributed by atoms with E-state index >= 15 is 0 Å². The third-order valence-corrected chi connectivity index (χ3v) is 6.49. The lowest BCUT2D eigenvalue weighted by atomic mass is 9.98. The second kappa shape index (κ2) is 10.5. The van der Waals surface area contributed by atoms with Crippen molar-refractivity contribution >= 4 is 27.6 Å². The maximum atomic E-state index is 13.0. The molecule has 6 nitrogen and oxygen atoms in total. The summed E-state index contributed by atoms with van der Waals surface area (Å²) < 4.78 is 33.4. The van der Waals surface area contributed by atoms with Gasteiger partial charge in [0.15, 0.2) is 0 Å². The van der Waals surface area contributed by atoms with Crippen LogP contribution in [0.4, 0.5) is 0 Å². The molecule has 3 rings (SSSR count). The van der Waals surface area contributed by atoms with Crippen LogP contribution in [-0.4, -0.2) is 26.5 Å². The molecule has 0 saturated carbocycles. The Labute approximate surface area is 187 Å². The molecule has 0 spiro atoms.